The molecule has 6 nitrogen and oxygen atoms in total. The quantitative estimate of drug-likeness (QED) is 0.525. The number of hydrogen-bond acceptors (Lipinski definition) is 2. The van der Waals surface area contributed by atoms with Crippen molar-refractivity contribution in [2.75, 3.05) is 39.3 Å². The van der Waals surface area contributed by atoms with Gasteiger partial charge in [-0.1, -0.05) is 23.7 Å². The molecule has 0 atom stereocenters. The van der Waals surface area contributed by atoms with E-state index >= 15 is 0 Å². The van der Waals surface area contributed by atoms with Crippen LogP contribution in [0.5, 0.6) is 0 Å². The van der Waals surface area contributed by atoms with E-state index in [2.05, 4.69) is 29.5 Å². The zero-order chi connectivity index (χ0) is 19.9. The normalized spacial score (nSPS) is 19.5. The molecule has 2 heterocycles. The van der Waals surface area contributed by atoms with Crippen molar-refractivity contribution in [1.82, 2.24) is 15.1 Å². The van der Waals surface area contributed by atoms with Crippen LogP contribution in [0.25, 0.3) is 0 Å². The maximum Gasteiger partial charge on any atom is 0.275 e. The molecule has 1 aliphatic rings. The van der Waals surface area contributed by atoms with Crippen LogP contribution in [-0.4, -0.2) is 55.0 Å². The van der Waals surface area contributed by atoms with Gasteiger partial charge in [0.05, 0.1) is 5.69 Å². The Hall–Kier alpha value is -1.89. The minimum Gasteiger partial charge on any atom is -0.351 e. The van der Waals surface area contributed by atoms with Gasteiger partial charge >= 0.3 is 0 Å². The van der Waals surface area contributed by atoms with E-state index < -0.39 is 0 Å². The Bertz CT molecular complexity index is 783. The number of hydrogen-bond donors (Lipinski definition) is 3. The third-order valence-corrected chi connectivity index (χ3v) is 5.63. The number of carbonyl (C=O) groups is 1. The molecular formula is C21H32ClN5O+2. The molecule has 0 aliphatic carbocycles. The monoisotopic (exact) mass is 405 g/mol. The molecule has 1 aromatic carbocycles. The first kappa shape index (κ1) is 20.8. The molecule has 7 heteroatoms. The van der Waals surface area contributed by atoms with Crippen molar-refractivity contribution in [1.29, 1.82) is 0 Å². The second-order valence-corrected chi connectivity index (χ2v) is 8.27. The van der Waals surface area contributed by atoms with Gasteiger partial charge in [-0.2, -0.15) is 5.10 Å². The van der Waals surface area contributed by atoms with Crippen LogP contribution in [0.2, 0.25) is 5.02 Å². The van der Waals surface area contributed by atoms with Crippen LogP contribution in [-0.2, 0) is 17.9 Å². The number of benzene rings is 1. The maximum atomic E-state index is 12.2. The first-order chi connectivity index (χ1) is 13.5. The van der Waals surface area contributed by atoms with Gasteiger partial charge in [0.1, 0.15) is 32.7 Å². The summed E-state index contributed by atoms with van der Waals surface area (Å²) in [5, 5.41) is 8.32. The van der Waals surface area contributed by atoms with E-state index in [1.54, 1.807) is 4.90 Å². The molecule has 1 aliphatic heterocycles. The largest absolute Gasteiger partial charge is 0.351 e. The van der Waals surface area contributed by atoms with Gasteiger partial charge in [-0.15, -0.1) is 0 Å². The fourth-order valence-electron chi connectivity index (χ4n) is 3.89. The lowest BCUT2D eigenvalue weighted by Gasteiger charge is -2.29. The van der Waals surface area contributed by atoms with Crippen molar-refractivity contribution in [3.05, 3.63) is 52.3 Å². The highest BCUT2D eigenvalue weighted by Crippen LogP contribution is 2.09. The van der Waals surface area contributed by atoms with Crippen LogP contribution in [0.3, 0.4) is 0 Å². The van der Waals surface area contributed by atoms with Gasteiger partial charge in [0, 0.05) is 29.4 Å². The van der Waals surface area contributed by atoms with Crippen LogP contribution in [0, 0.1) is 13.8 Å². The lowest BCUT2D eigenvalue weighted by atomic mass is 10.2. The molecule has 0 saturated carbocycles. The van der Waals surface area contributed by atoms with E-state index in [4.69, 9.17) is 11.6 Å². The zero-order valence-electron chi connectivity index (χ0n) is 16.9. The highest BCUT2D eigenvalue weighted by Gasteiger charge is 2.24. The predicted molar refractivity (Wildman–Crippen MR) is 111 cm³/mol. The number of rotatable bonds is 8. The average molecular weight is 406 g/mol. The lowest BCUT2D eigenvalue weighted by molar-refractivity contribution is -1.02. The van der Waals surface area contributed by atoms with Crippen molar-refractivity contribution >= 4 is 17.5 Å². The van der Waals surface area contributed by atoms with Crippen molar-refractivity contribution < 1.29 is 14.6 Å². The van der Waals surface area contributed by atoms with E-state index in [-0.39, 0.29) is 5.91 Å². The fraction of sp³-hybridized carbons (Fsp3) is 0.524. The van der Waals surface area contributed by atoms with E-state index in [9.17, 15) is 4.79 Å². The number of aromatic nitrogens is 2. The molecule has 1 fully saturated rings. The summed E-state index contributed by atoms with van der Waals surface area (Å²) in [5.41, 5.74) is 3.50. The molecular weight excluding hydrogens is 374 g/mol. The second-order valence-electron chi connectivity index (χ2n) is 7.84. The summed E-state index contributed by atoms with van der Waals surface area (Å²) in [6.45, 7) is 11.5. The van der Waals surface area contributed by atoms with Crippen molar-refractivity contribution in [2.45, 2.75) is 33.4 Å². The van der Waals surface area contributed by atoms with E-state index in [1.807, 2.05) is 29.8 Å². The molecule has 1 aromatic heterocycles. The molecule has 0 spiro atoms. The summed E-state index contributed by atoms with van der Waals surface area (Å²) < 4.78 is 2.01. The predicted octanol–water partition coefficient (Wildman–Crippen LogP) is -0.357. The number of piperazine rings is 1. The summed E-state index contributed by atoms with van der Waals surface area (Å²) in [7, 11) is 0. The summed E-state index contributed by atoms with van der Waals surface area (Å²) in [4.78, 5) is 15.2. The third kappa shape index (κ3) is 6.33. The van der Waals surface area contributed by atoms with Crippen molar-refractivity contribution in [3.63, 3.8) is 0 Å². The Morgan fingerprint density at radius 3 is 2.61 bits per heavy atom. The SMILES string of the molecule is Cc1cc(C)n(CCCNC(=O)C[NH+]2CC[NH+](Cc3cccc(Cl)c3)CC2)n1. The number of halogens is 1. The van der Waals surface area contributed by atoms with E-state index in [0.717, 1.165) is 56.4 Å². The van der Waals surface area contributed by atoms with Crippen LogP contribution in [0.4, 0.5) is 0 Å². The number of nitrogens with zero attached hydrogens (tertiary/aromatic N) is 2. The Balaban J connectivity index is 1.31. The molecule has 3 N–H and O–H groups in total. The number of quaternary nitrogens is 2. The molecule has 0 bridgehead atoms. The molecule has 2 aromatic rings. The fourth-order valence-corrected chi connectivity index (χ4v) is 4.11. The zero-order valence-corrected chi connectivity index (χ0v) is 17.7. The van der Waals surface area contributed by atoms with Gasteiger partial charge in [0.15, 0.2) is 6.54 Å². The second kappa shape index (κ2) is 10.0. The van der Waals surface area contributed by atoms with Crippen LogP contribution in [0.1, 0.15) is 23.4 Å². The van der Waals surface area contributed by atoms with Gasteiger partial charge < -0.3 is 15.1 Å². The highest BCUT2D eigenvalue weighted by molar-refractivity contribution is 6.30. The lowest BCUT2D eigenvalue weighted by Crippen LogP contribution is -3.28. The topological polar surface area (TPSA) is 55.8 Å². The highest BCUT2D eigenvalue weighted by atomic mass is 35.5. The Morgan fingerprint density at radius 2 is 1.93 bits per heavy atom. The van der Waals surface area contributed by atoms with Gasteiger partial charge in [-0.05, 0) is 38.5 Å². The summed E-state index contributed by atoms with van der Waals surface area (Å²) >= 11 is 6.08. The first-order valence-corrected chi connectivity index (χ1v) is 10.6. The van der Waals surface area contributed by atoms with Crippen molar-refractivity contribution in [3.8, 4) is 0 Å². The van der Waals surface area contributed by atoms with Crippen LogP contribution >= 0.6 is 11.6 Å². The number of nitrogens with one attached hydrogen (secondary N) is 3. The number of amides is 1. The number of carbonyl (C=O) groups excluding carboxylic acids is 1. The smallest absolute Gasteiger partial charge is 0.275 e. The van der Waals surface area contributed by atoms with Gasteiger partial charge in [-0.25, -0.2) is 0 Å². The van der Waals surface area contributed by atoms with Crippen LogP contribution in [0.15, 0.2) is 30.3 Å². The maximum absolute atomic E-state index is 12.2. The third-order valence-electron chi connectivity index (χ3n) is 5.39. The minimum atomic E-state index is 0.154. The van der Waals surface area contributed by atoms with Gasteiger partial charge in [0.25, 0.3) is 5.91 Å². The average Bonchev–Trinajstić information content (AvgIpc) is 2.98. The first-order valence-electron chi connectivity index (χ1n) is 10.2. The molecule has 28 heavy (non-hydrogen) atoms. The number of aryl methyl sites for hydroxylation is 3. The summed E-state index contributed by atoms with van der Waals surface area (Å²) in [5.74, 6) is 0.154. The van der Waals surface area contributed by atoms with E-state index in [0.29, 0.717) is 13.1 Å². The Morgan fingerprint density at radius 1 is 1.18 bits per heavy atom. The minimum absolute atomic E-state index is 0.154. The summed E-state index contributed by atoms with van der Waals surface area (Å²) in [6, 6.07) is 10.2. The molecule has 1 amide bonds. The molecule has 152 valence electrons. The molecule has 0 radical (unpaired) electrons. The molecule has 3 rings (SSSR count). The Labute approximate surface area is 172 Å². The van der Waals surface area contributed by atoms with Crippen LogP contribution < -0.4 is 15.1 Å². The van der Waals surface area contributed by atoms with Crippen molar-refractivity contribution in [2.24, 2.45) is 0 Å². The molecule has 1 saturated heterocycles. The summed E-state index contributed by atoms with van der Waals surface area (Å²) in [6.07, 6.45) is 0.903. The van der Waals surface area contributed by atoms with Gasteiger partial charge in [0.2, 0.25) is 0 Å². The van der Waals surface area contributed by atoms with E-state index in [1.165, 1.54) is 16.2 Å². The van der Waals surface area contributed by atoms with Gasteiger partial charge in [-0.3, -0.25) is 9.48 Å². The Kier molecular flexibility index (Phi) is 7.48. The molecule has 0 unspecified atom stereocenters. The standard InChI is InChI=1S/C21H30ClN5O/c1-17-13-18(2)27(24-17)8-4-7-23-21(28)16-26-11-9-25(10-12-26)15-19-5-3-6-20(22)14-19/h3,5-6,13-14H,4,7-12,15-16H2,1-2H3,(H,23,28)/p+2.